The van der Waals surface area contributed by atoms with E-state index < -0.39 is 0 Å². The molecule has 6 heteroatoms. The molecule has 0 amide bonds. The predicted molar refractivity (Wildman–Crippen MR) is 256 cm³/mol. The Hall–Kier alpha value is -8.61. The van der Waals surface area contributed by atoms with Crippen LogP contribution in [0.1, 0.15) is 0 Å². The second-order valence-corrected chi connectivity index (χ2v) is 15.9. The minimum atomic E-state index is 0.557. The molecule has 0 bridgehead atoms. The third-order valence-electron chi connectivity index (χ3n) is 12.3. The molecule has 0 aliphatic carbocycles. The first-order valence-electron chi connectivity index (χ1n) is 21.1. The third kappa shape index (κ3) is 5.69. The lowest BCUT2D eigenvalue weighted by atomic mass is 9.96. The van der Waals surface area contributed by atoms with Gasteiger partial charge < -0.3 is 13.4 Å². The Morgan fingerprint density at radius 3 is 1.54 bits per heavy atom. The van der Waals surface area contributed by atoms with E-state index in [0.717, 1.165) is 99.5 Å². The standard InChI is InChI=1S/C57H34N4O2/c1-2-14-35(15-3-1)36-26-28-37(29-27-36)55-58-56(38-30-31-53-46(32-38)43-19-8-12-24-51(43)62-53)60-57(59-55)45-21-5-4-16-40(45)47-33-39(34-48-44-20-9-13-25-52(44)63-54(47)48)61-49-22-10-6-17-41(49)42-18-7-11-23-50(42)61/h1-34H. The molecule has 13 rings (SSSR count). The molecular weight excluding hydrogens is 773 g/mol. The zero-order chi connectivity index (χ0) is 41.4. The summed E-state index contributed by atoms with van der Waals surface area (Å²) in [5.41, 5.74) is 13.4. The first kappa shape index (κ1) is 35.2. The SMILES string of the molecule is c1ccc(-c2ccc(-c3nc(-c4ccc5oc6ccccc6c5c4)nc(-c4ccccc4-c4cc(-n5c6ccccc6c6ccccc65)cc5c4oc4ccccc45)n3)cc2)cc1. The maximum absolute atomic E-state index is 6.81. The van der Waals surface area contributed by atoms with Gasteiger partial charge in [0.25, 0.3) is 0 Å². The molecule has 294 valence electrons. The summed E-state index contributed by atoms with van der Waals surface area (Å²) in [6.45, 7) is 0. The summed E-state index contributed by atoms with van der Waals surface area (Å²) >= 11 is 0. The smallest absolute Gasteiger partial charge is 0.164 e. The number of furan rings is 2. The minimum Gasteiger partial charge on any atom is -0.456 e. The van der Waals surface area contributed by atoms with E-state index in [1.807, 2.05) is 54.6 Å². The summed E-state index contributed by atoms with van der Waals surface area (Å²) in [6.07, 6.45) is 0. The van der Waals surface area contributed by atoms with Crippen molar-refractivity contribution in [3.05, 3.63) is 206 Å². The molecule has 0 spiro atoms. The van der Waals surface area contributed by atoms with Gasteiger partial charge in [-0.1, -0.05) is 152 Å². The minimum absolute atomic E-state index is 0.557. The van der Waals surface area contributed by atoms with Gasteiger partial charge in [-0.05, 0) is 71.3 Å². The van der Waals surface area contributed by atoms with Crippen molar-refractivity contribution in [3.8, 4) is 62.1 Å². The molecule has 13 aromatic rings. The predicted octanol–water partition coefficient (Wildman–Crippen LogP) is 15.1. The second kappa shape index (κ2) is 14.0. The fourth-order valence-electron chi connectivity index (χ4n) is 9.32. The van der Waals surface area contributed by atoms with Gasteiger partial charge in [-0.3, -0.25) is 0 Å². The third-order valence-corrected chi connectivity index (χ3v) is 12.3. The average molecular weight is 807 g/mol. The summed E-state index contributed by atoms with van der Waals surface area (Å²) in [5.74, 6) is 1.70. The molecular formula is C57H34N4O2. The number of para-hydroxylation sites is 4. The van der Waals surface area contributed by atoms with Crippen molar-refractivity contribution in [2.45, 2.75) is 0 Å². The van der Waals surface area contributed by atoms with Gasteiger partial charge >= 0.3 is 0 Å². The van der Waals surface area contributed by atoms with Crippen LogP contribution in [0.2, 0.25) is 0 Å². The van der Waals surface area contributed by atoms with E-state index in [2.05, 4.69) is 156 Å². The monoisotopic (exact) mass is 806 g/mol. The number of aromatic nitrogens is 4. The van der Waals surface area contributed by atoms with Crippen LogP contribution in [0.4, 0.5) is 0 Å². The quantitative estimate of drug-likeness (QED) is 0.167. The van der Waals surface area contributed by atoms with Crippen LogP contribution in [0.5, 0.6) is 0 Å². The first-order chi connectivity index (χ1) is 31.2. The molecule has 0 radical (unpaired) electrons. The number of hydrogen-bond acceptors (Lipinski definition) is 5. The van der Waals surface area contributed by atoms with E-state index in [1.54, 1.807) is 0 Å². The van der Waals surface area contributed by atoms with Crippen LogP contribution in [0.15, 0.2) is 215 Å². The number of rotatable bonds is 6. The molecule has 0 saturated heterocycles. The van der Waals surface area contributed by atoms with Crippen molar-refractivity contribution in [2.24, 2.45) is 0 Å². The highest BCUT2D eigenvalue weighted by molar-refractivity contribution is 6.14. The molecule has 4 aromatic heterocycles. The van der Waals surface area contributed by atoms with Gasteiger partial charge in [-0.2, -0.15) is 0 Å². The molecule has 0 fully saturated rings. The number of nitrogens with zero attached hydrogens (tertiary/aromatic N) is 4. The van der Waals surface area contributed by atoms with Crippen molar-refractivity contribution < 1.29 is 8.83 Å². The van der Waals surface area contributed by atoms with Crippen LogP contribution in [0.3, 0.4) is 0 Å². The summed E-state index contributed by atoms with van der Waals surface area (Å²) in [4.78, 5) is 15.8. The van der Waals surface area contributed by atoms with E-state index in [4.69, 9.17) is 23.8 Å². The second-order valence-electron chi connectivity index (χ2n) is 15.9. The summed E-state index contributed by atoms with van der Waals surface area (Å²) in [7, 11) is 0. The Morgan fingerprint density at radius 2 is 0.810 bits per heavy atom. The van der Waals surface area contributed by atoms with E-state index in [9.17, 15) is 0 Å². The van der Waals surface area contributed by atoms with Crippen LogP contribution < -0.4 is 0 Å². The van der Waals surface area contributed by atoms with E-state index in [-0.39, 0.29) is 0 Å². The lowest BCUT2D eigenvalue weighted by Gasteiger charge is -2.15. The Bertz CT molecular complexity index is 3860. The van der Waals surface area contributed by atoms with Crippen molar-refractivity contribution >= 4 is 65.7 Å². The van der Waals surface area contributed by atoms with Gasteiger partial charge in [-0.15, -0.1) is 0 Å². The Labute approximate surface area is 361 Å². The van der Waals surface area contributed by atoms with Crippen LogP contribution in [-0.2, 0) is 0 Å². The molecule has 0 unspecified atom stereocenters. The Balaban J connectivity index is 1.05. The Kier molecular flexibility index (Phi) is 7.80. The van der Waals surface area contributed by atoms with E-state index >= 15 is 0 Å². The number of benzene rings is 9. The van der Waals surface area contributed by atoms with Gasteiger partial charge in [0.2, 0.25) is 0 Å². The zero-order valence-corrected chi connectivity index (χ0v) is 33.7. The summed E-state index contributed by atoms with van der Waals surface area (Å²) in [5, 5.41) is 6.55. The largest absolute Gasteiger partial charge is 0.456 e. The van der Waals surface area contributed by atoms with Gasteiger partial charge in [-0.25, -0.2) is 15.0 Å². The zero-order valence-electron chi connectivity index (χ0n) is 33.7. The molecule has 0 saturated carbocycles. The highest BCUT2D eigenvalue weighted by atomic mass is 16.3. The highest BCUT2D eigenvalue weighted by Crippen LogP contribution is 2.43. The molecule has 0 N–H and O–H groups in total. The highest BCUT2D eigenvalue weighted by Gasteiger charge is 2.22. The van der Waals surface area contributed by atoms with Crippen molar-refractivity contribution in [2.75, 3.05) is 0 Å². The topological polar surface area (TPSA) is 69.9 Å². The van der Waals surface area contributed by atoms with E-state index in [1.165, 1.54) is 10.8 Å². The lowest BCUT2D eigenvalue weighted by molar-refractivity contribution is 0.669. The average Bonchev–Trinajstić information content (AvgIpc) is 4.03. The maximum Gasteiger partial charge on any atom is 0.164 e. The summed E-state index contributed by atoms with van der Waals surface area (Å²) < 4.78 is 15.4. The van der Waals surface area contributed by atoms with Crippen LogP contribution in [-0.4, -0.2) is 19.5 Å². The van der Waals surface area contributed by atoms with Crippen LogP contribution >= 0.6 is 0 Å². The van der Waals surface area contributed by atoms with Crippen molar-refractivity contribution in [1.29, 1.82) is 0 Å². The van der Waals surface area contributed by atoms with Gasteiger partial charge in [0, 0.05) is 60.3 Å². The van der Waals surface area contributed by atoms with Crippen molar-refractivity contribution in [1.82, 2.24) is 19.5 Å². The van der Waals surface area contributed by atoms with Crippen LogP contribution in [0, 0.1) is 0 Å². The van der Waals surface area contributed by atoms with Gasteiger partial charge in [0.1, 0.15) is 22.3 Å². The first-order valence-corrected chi connectivity index (χ1v) is 21.1. The molecule has 9 aromatic carbocycles. The molecule has 0 aliphatic heterocycles. The van der Waals surface area contributed by atoms with Gasteiger partial charge in [0.15, 0.2) is 17.5 Å². The number of hydrogen-bond donors (Lipinski definition) is 0. The summed E-state index contributed by atoms with van der Waals surface area (Å²) in [6, 6.07) is 71.5. The molecule has 6 nitrogen and oxygen atoms in total. The maximum atomic E-state index is 6.81. The number of fused-ring (bicyclic) bond motifs is 9. The van der Waals surface area contributed by atoms with Crippen LogP contribution in [0.25, 0.3) is 128 Å². The fraction of sp³-hybridized carbons (Fsp3) is 0. The normalized spacial score (nSPS) is 11.8. The molecule has 4 heterocycles. The van der Waals surface area contributed by atoms with Crippen molar-refractivity contribution in [3.63, 3.8) is 0 Å². The van der Waals surface area contributed by atoms with E-state index in [0.29, 0.717) is 17.5 Å². The fourth-order valence-corrected chi connectivity index (χ4v) is 9.32. The molecule has 0 atom stereocenters. The van der Waals surface area contributed by atoms with Gasteiger partial charge in [0.05, 0.1) is 11.0 Å². The molecule has 0 aliphatic rings. The molecule has 63 heavy (non-hydrogen) atoms. The Morgan fingerprint density at radius 1 is 0.302 bits per heavy atom. The lowest BCUT2D eigenvalue weighted by Crippen LogP contribution is -2.01.